The summed E-state index contributed by atoms with van der Waals surface area (Å²) >= 11 is 2.49. The second kappa shape index (κ2) is 3.00. The highest BCUT2D eigenvalue weighted by Gasteiger charge is 2.50. The predicted molar refractivity (Wildman–Crippen MR) is 61.6 cm³/mol. The van der Waals surface area contributed by atoms with E-state index < -0.39 is 0 Å². The quantitative estimate of drug-likeness (QED) is 0.409. The Morgan fingerprint density at radius 3 is 2.83 bits per heavy atom. The summed E-state index contributed by atoms with van der Waals surface area (Å²) in [6, 6.07) is 0. The normalized spacial score (nSPS) is 37.1. The molecule has 0 aromatic rings. The van der Waals surface area contributed by atoms with E-state index >= 15 is 0 Å². The van der Waals surface area contributed by atoms with E-state index in [9.17, 15) is 0 Å². The Hall–Kier alpha value is 0.470. The molecule has 0 aromatic heterocycles. The summed E-state index contributed by atoms with van der Waals surface area (Å²) in [5.74, 6) is 1.94. The predicted octanol–water partition coefficient (Wildman–Crippen LogP) is 3.80. The summed E-state index contributed by atoms with van der Waals surface area (Å²) in [6.45, 7) is 4.90. The zero-order valence-electron chi connectivity index (χ0n) is 7.94. The highest BCUT2D eigenvalue weighted by molar-refractivity contribution is 14.1. The molecular formula is C11H17I. The summed E-state index contributed by atoms with van der Waals surface area (Å²) in [5, 5.41) is 0. The van der Waals surface area contributed by atoms with Crippen LogP contribution in [-0.2, 0) is 0 Å². The molecule has 0 N–H and O–H groups in total. The molecule has 2 bridgehead atoms. The molecule has 3 aliphatic carbocycles. The van der Waals surface area contributed by atoms with Gasteiger partial charge >= 0.3 is 0 Å². The van der Waals surface area contributed by atoms with Gasteiger partial charge in [-0.2, -0.15) is 0 Å². The molecule has 2 atom stereocenters. The van der Waals surface area contributed by atoms with Crippen LogP contribution < -0.4 is 0 Å². The van der Waals surface area contributed by atoms with Crippen molar-refractivity contribution in [2.45, 2.75) is 33.1 Å². The lowest BCUT2D eigenvalue weighted by atomic mass is 9.48. The Morgan fingerprint density at radius 2 is 2.33 bits per heavy atom. The molecule has 3 aliphatic rings. The molecule has 0 aliphatic heterocycles. The third-order valence-electron chi connectivity index (χ3n) is 3.97. The monoisotopic (exact) mass is 276 g/mol. The van der Waals surface area contributed by atoms with Crippen molar-refractivity contribution in [3.05, 3.63) is 11.6 Å². The fourth-order valence-electron chi connectivity index (χ4n) is 2.87. The van der Waals surface area contributed by atoms with Gasteiger partial charge in [-0.05, 0) is 36.5 Å². The maximum atomic E-state index is 2.52. The third-order valence-corrected chi connectivity index (χ3v) is 4.51. The Kier molecular flexibility index (Phi) is 2.26. The van der Waals surface area contributed by atoms with E-state index in [0.717, 1.165) is 11.8 Å². The zero-order valence-corrected chi connectivity index (χ0v) is 10.1. The van der Waals surface area contributed by atoms with Crippen molar-refractivity contribution in [2.24, 2.45) is 17.3 Å². The van der Waals surface area contributed by atoms with E-state index in [0.29, 0.717) is 5.41 Å². The fourth-order valence-corrected chi connectivity index (χ4v) is 3.49. The molecule has 0 heterocycles. The van der Waals surface area contributed by atoms with Crippen LogP contribution in [0.25, 0.3) is 0 Å². The molecule has 1 unspecified atom stereocenters. The summed E-state index contributed by atoms with van der Waals surface area (Å²) in [5.41, 5.74) is 2.40. The number of rotatable bonds is 2. The van der Waals surface area contributed by atoms with Crippen molar-refractivity contribution in [2.75, 3.05) is 4.43 Å². The van der Waals surface area contributed by atoms with Gasteiger partial charge in [0.15, 0.2) is 0 Å². The molecule has 0 amide bonds. The number of allylic oxidation sites excluding steroid dienone is 2. The summed E-state index contributed by atoms with van der Waals surface area (Å²) < 4.78 is 1.29. The SMILES string of the molecule is CC1(C)C2CC=C(CCI)[C@H]1C2. The second-order valence-electron chi connectivity index (χ2n) is 4.76. The van der Waals surface area contributed by atoms with Crippen molar-refractivity contribution in [3.8, 4) is 0 Å². The van der Waals surface area contributed by atoms with Crippen molar-refractivity contribution in [1.29, 1.82) is 0 Å². The molecule has 12 heavy (non-hydrogen) atoms. The number of hydrogen-bond acceptors (Lipinski definition) is 0. The van der Waals surface area contributed by atoms with Crippen LogP contribution in [0.5, 0.6) is 0 Å². The van der Waals surface area contributed by atoms with E-state index in [2.05, 4.69) is 42.5 Å². The Balaban J connectivity index is 2.13. The maximum Gasteiger partial charge on any atom is 0.00327 e. The molecule has 3 rings (SSSR count). The lowest BCUT2D eigenvalue weighted by Crippen LogP contribution is -2.48. The molecule has 1 fully saturated rings. The van der Waals surface area contributed by atoms with Gasteiger partial charge < -0.3 is 0 Å². The molecule has 0 aromatic carbocycles. The van der Waals surface area contributed by atoms with Crippen molar-refractivity contribution < 1.29 is 0 Å². The standard InChI is InChI=1S/C11H17I/c1-11(2)9-4-3-8(5-6-12)10(11)7-9/h3,9-10H,4-7H2,1-2H3/t9?,10-/m1/s1. The van der Waals surface area contributed by atoms with Crippen molar-refractivity contribution >= 4 is 22.6 Å². The zero-order chi connectivity index (χ0) is 8.77. The van der Waals surface area contributed by atoms with Crippen molar-refractivity contribution in [3.63, 3.8) is 0 Å². The Morgan fingerprint density at radius 1 is 1.58 bits per heavy atom. The number of hydrogen-bond donors (Lipinski definition) is 0. The molecule has 1 heteroatoms. The minimum Gasteiger partial charge on any atom is -0.0860 e. The smallest absolute Gasteiger partial charge is 0.00327 e. The van der Waals surface area contributed by atoms with Gasteiger partial charge in [0.1, 0.15) is 0 Å². The first-order chi connectivity index (χ1) is 5.66. The fraction of sp³-hybridized carbons (Fsp3) is 0.818. The van der Waals surface area contributed by atoms with Gasteiger partial charge in [0.05, 0.1) is 0 Å². The van der Waals surface area contributed by atoms with Crippen LogP contribution in [0.3, 0.4) is 0 Å². The van der Waals surface area contributed by atoms with Gasteiger partial charge in [-0.25, -0.2) is 0 Å². The van der Waals surface area contributed by atoms with Crippen LogP contribution in [0.2, 0.25) is 0 Å². The number of alkyl halides is 1. The Bertz CT molecular complexity index is 215. The largest absolute Gasteiger partial charge is 0.0860 e. The van der Waals surface area contributed by atoms with Gasteiger partial charge in [0, 0.05) is 4.43 Å². The van der Waals surface area contributed by atoms with Crippen LogP contribution in [0.4, 0.5) is 0 Å². The maximum absolute atomic E-state index is 2.52. The average Bonchev–Trinajstić information content (AvgIpc) is 2.05. The Labute approximate surface area is 88.9 Å². The van der Waals surface area contributed by atoms with Gasteiger partial charge in [-0.15, -0.1) is 0 Å². The highest BCUT2D eigenvalue weighted by Crippen LogP contribution is 2.59. The first-order valence-corrected chi connectivity index (χ1v) is 6.43. The van der Waals surface area contributed by atoms with E-state index in [-0.39, 0.29) is 0 Å². The van der Waals surface area contributed by atoms with E-state index in [4.69, 9.17) is 0 Å². The minimum atomic E-state index is 0.635. The topological polar surface area (TPSA) is 0 Å². The number of fused-ring (bicyclic) bond motifs is 1. The van der Waals surface area contributed by atoms with Gasteiger partial charge in [0.2, 0.25) is 0 Å². The van der Waals surface area contributed by atoms with E-state index in [1.807, 2.05) is 0 Å². The molecule has 1 saturated carbocycles. The highest BCUT2D eigenvalue weighted by atomic mass is 127. The van der Waals surface area contributed by atoms with Crippen LogP contribution >= 0.6 is 22.6 Å². The molecule has 68 valence electrons. The molecule has 0 radical (unpaired) electrons. The van der Waals surface area contributed by atoms with Crippen LogP contribution in [0.15, 0.2) is 11.6 Å². The van der Waals surface area contributed by atoms with Gasteiger partial charge in [0.25, 0.3) is 0 Å². The summed E-state index contributed by atoms with van der Waals surface area (Å²) in [6.07, 6.45) is 6.69. The number of halogens is 1. The molecular weight excluding hydrogens is 259 g/mol. The molecule has 0 nitrogen and oxygen atoms in total. The van der Waals surface area contributed by atoms with Crippen LogP contribution in [0.1, 0.15) is 33.1 Å². The van der Waals surface area contributed by atoms with Crippen molar-refractivity contribution in [1.82, 2.24) is 0 Å². The van der Waals surface area contributed by atoms with Gasteiger partial charge in [-0.1, -0.05) is 48.1 Å². The second-order valence-corrected chi connectivity index (χ2v) is 5.84. The van der Waals surface area contributed by atoms with Gasteiger partial charge in [-0.3, -0.25) is 0 Å². The van der Waals surface area contributed by atoms with Crippen LogP contribution in [0, 0.1) is 17.3 Å². The minimum absolute atomic E-state index is 0.635. The summed E-state index contributed by atoms with van der Waals surface area (Å²) in [7, 11) is 0. The van der Waals surface area contributed by atoms with Crippen LogP contribution in [-0.4, -0.2) is 4.43 Å². The lowest BCUT2D eigenvalue weighted by Gasteiger charge is -2.56. The van der Waals surface area contributed by atoms with E-state index in [1.54, 1.807) is 5.57 Å². The average molecular weight is 276 g/mol. The summed E-state index contributed by atoms with van der Waals surface area (Å²) in [4.78, 5) is 0. The molecule has 0 saturated heterocycles. The third kappa shape index (κ3) is 1.16. The van der Waals surface area contributed by atoms with E-state index in [1.165, 1.54) is 23.7 Å². The first-order valence-electron chi connectivity index (χ1n) is 4.91. The first kappa shape index (κ1) is 9.04. The lowest BCUT2D eigenvalue weighted by molar-refractivity contribution is -0.00762. The molecule has 0 spiro atoms.